The first-order chi connectivity index (χ1) is 11.0. The molecule has 0 unspecified atom stereocenters. The van der Waals surface area contributed by atoms with Gasteiger partial charge in [-0.1, -0.05) is 6.07 Å². The minimum atomic E-state index is -0.507. The van der Waals surface area contributed by atoms with Crippen molar-refractivity contribution in [1.29, 1.82) is 0 Å². The molecule has 7 heteroatoms. The Kier molecular flexibility index (Phi) is 6.56. The highest BCUT2D eigenvalue weighted by molar-refractivity contribution is 7.12. The van der Waals surface area contributed by atoms with Crippen LogP contribution in [0.25, 0.3) is 0 Å². The summed E-state index contributed by atoms with van der Waals surface area (Å²) in [6.07, 6.45) is 0. The van der Waals surface area contributed by atoms with Crippen LogP contribution in [0.3, 0.4) is 0 Å². The average molecular weight is 339 g/mol. The molecule has 1 N–H and O–H groups in total. The highest BCUT2D eigenvalue weighted by Gasteiger charge is 2.27. The summed E-state index contributed by atoms with van der Waals surface area (Å²) in [6, 6.07) is 3.43. The summed E-state index contributed by atoms with van der Waals surface area (Å²) in [6.45, 7) is 7.61. The van der Waals surface area contributed by atoms with Gasteiger partial charge in [0, 0.05) is 39.3 Å². The Hall–Kier alpha value is -1.44. The van der Waals surface area contributed by atoms with E-state index in [0.717, 1.165) is 13.1 Å². The third-order valence-corrected chi connectivity index (χ3v) is 4.99. The number of ether oxygens (including phenoxy) is 1. The van der Waals surface area contributed by atoms with Crippen molar-refractivity contribution in [3.63, 3.8) is 0 Å². The highest BCUT2D eigenvalue weighted by atomic mass is 32.1. The summed E-state index contributed by atoms with van der Waals surface area (Å²) in [5, 5.41) is 4.63. The van der Waals surface area contributed by atoms with E-state index >= 15 is 0 Å². The molecule has 0 radical (unpaired) electrons. The van der Waals surface area contributed by atoms with Gasteiger partial charge in [-0.05, 0) is 25.3 Å². The SMILES string of the molecule is COC[C@H](C)N1CCN(C(=O)[C@@H](C)NC(=O)c2cccs2)CC1. The van der Waals surface area contributed by atoms with Crippen LogP contribution < -0.4 is 5.32 Å². The number of amides is 2. The third-order valence-electron chi connectivity index (χ3n) is 4.12. The van der Waals surface area contributed by atoms with Gasteiger partial charge in [0.15, 0.2) is 0 Å². The van der Waals surface area contributed by atoms with Crippen molar-refractivity contribution < 1.29 is 14.3 Å². The number of piperazine rings is 1. The van der Waals surface area contributed by atoms with Crippen LogP contribution in [0.5, 0.6) is 0 Å². The molecule has 2 amide bonds. The molecule has 1 saturated heterocycles. The van der Waals surface area contributed by atoms with Gasteiger partial charge < -0.3 is 15.0 Å². The molecular weight excluding hydrogens is 314 g/mol. The predicted molar refractivity (Wildman–Crippen MR) is 90.7 cm³/mol. The molecule has 6 nitrogen and oxygen atoms in total. The molecule has 23 heavy (non-hydrogen) atoms. The van der Waals surface area contributed by atoms with Crippen molar-refractivity contribution in [2.45, 2.75) is 25.9 Å². The summed E-state index contributed by atoms with van der Waals surface area (Å²) in [4.78, 5) is 29.3. The molecule has 2 heterocycles. The first-order valence-electron chi connectivity index (χ1n) is 7.89. The largest absolute Gasteiger partial charge is 0.383 e. The Labute approximate surface area is 141 Å². The van der Waals surface area contributed by atoms with E-state index in [1.54, 1.807) is 20.1 Å². The average Bonchev–Trinajstić information content (AvgIpc) is 3.09. The summed E-state index contributed by atoms with van der Waals surface area (Å²) < 4.78 is 5.18. The maximum absolute atomic E-state index is 12.5. The Morgan fingerprint density at radius 2 is 2.00 bits per heavy atom. The number of thiophene rings is 1. The van der Waals surface area contributed by atoms with Crippen molar-refractivity contribution in [2.24, 2.45) is 0 Å². The highest BCUT2D eigenvalue weighted by Crippen LogP contribution is 2.10. The number of hydrogen-bond acceptors (Lipinski definition) is 5. The van der Waals surface area contributed by atoms with E-state index in [-0.39, 0.29) is 11.8 Å². The van der Waals surface area contributed by atoms with E-state index in [9.17, 15) is 9.59 Å². The maximum atomic E-state index is 12.5. The van der Waals surface area contributed by atoms with E-state index in [4.69, 9.17) is 4.74 Å². The van der Waals surface area contributed by atoms with Gasteiger partial charge in [0.05, 0.1) is 11.5 Å². The lowest BCUT2D eigenvalue weighted by atomic mass is 10.2. The van der Waals surface area contributed by atoms with Crippen LogP contribution >= 0.6 is 11.3 Å². The number of nitrogens with one attached hydrogen (secondary N) is 1. The van der Waals surface area contributed by atoms with Gasteiger partial charge in [0.2, 0.25) is 5.91 Å². The number of nitrogens with zero attached hydrogens (tertiary/aromatic N) is 2. The fraction of sp³-hybridized carbons (Fsp3) is 0.625. The van der Waals surface area contributed by atoms with Crippen LogP contribution in [0.2, 0.25) is 0 Å². The number of rotatable bonds is 6. The lowest BCUT2D eigenvalue weighted by molar-refractivity contribution is -0.135. The monoisotopic (exact) mass is 339 g/mol. The number of hydrogen-bond donors (Lipinski definition) is 1. The van der Waals surface area contributed by atoms with Gasteiger partial charge in [0.1, 0.15) is 6.04 Å². The Balaban J connectivity index is 1.81. The van der Waals surface area contributed by atoms with E-state index in [1.165, 1.54) is 11.3 Å². The molecular formula is C16H25N3O3S. The number of carbonyl (C=O) groups excluding carboxylic acids is 2. The fourth-order valence-electron chi connectivity index (χ4n) is 2.74. The lowest BCUT2D eigenvalue weighted by Gasteiger charge is -2.38. The van der Waals surface area contributed by atoms with Crippen molar-refractivity contribution in [3.05, 3.63) is 22.4 Å². The summed E-state index contributed by atoms with van der Waals surface area (Å²) in [5.41, 5.74) is 0. The Morgan fingerprint density at radius 3 is 2.57 bits per heavy atom. The molecule has 1 aromatic rings. The summed E-state index contributed by atoms with van der Waals surface area (Å²) in [5.74, 6) is -0.206. The molecule has 0 spiro atoms. The molecule has 1 aliphatic rings. The van der Waals surface area contributed by atoms with Crippen molar-refractivity contribution >= 4 is 23.2 Å². The second-order valence-corrected chi connectivity index (χ2v) is 6.79. The van der Waals surface area contributed by atoms with Crippen LogP contribution in [0.15, 0.2) is 17.5 Å². The molecule has 0 aromatic carbocycles. The molecule has 2 atom stereocenters. The van der Waals surface area contributed by atoms with Gasteiger partial charge in [-0.25, -0.2) is 0 Å². The molecule has 2 rings (SSSR count). The normalized spacial score (nSPS) is 18.5. The van der Waals surface area contributed by atoms with E-state index in [1.807, 2.05) is 16.3 Å². The van der Waals surface area contributed by atoms with E-state index < -0.39 is 6.04 Å². The molecule has 0 saturated carbocycles. The molecule has 1 aliphatic heterocycles. The van der Waals surface area contributed by atoms with Crippen LogP contribution in [-0.2, 0) is 9.53 Å². The third kappa shape index (κ3) is 4.76. The molecule has 0 aliphatic carbocycles. The lowest BCUT2D eigenvalue weighted by Crippen LogP contribution is -2.56. The van der Waals surface area contributed by atoms with Gasteiger partial charge in [-0.15, -0.1) is 11.3 Å². The van der Waals surface area contributed by atoms with E-state index in [2.05, 4.69) is 17.1 Å². The van der Waals surface area contributed by atoms with Gasteiger partial charge in [-0.2, -0.15) is 0 Å². The minimum absolute atomic E-state index is 0.0195. The van der Waals surface area contributed by atoms with Crippen LogP contribution in [0, 0.1) is 0 Å². The number of carbonyl (C=O) groups is 2. The quantitative estimate of drug-likeness (QED) is 0.841. The van der Waals surface area contributed by atoms with Crippen LogP contribution in [0.4, 0.5) is 0 Å². The molecule has 1 aromatic heterocycles. The van der Waals surface area contributed by atoms with Crippen molar-refractivity contribution in [3.8, 4) is 0 Å². The van der Waals surface area contributed by atoms with Crippen LogP contribution in [0.1, 0.15) is 23.5 Å². The van der Waals surface area contributed by atoms with Gasteiger partial charge in [-0.3, -0.25) is 14.5 Å². The minimum Gasteiger partial charge on any atom is -0.383 e. The first-order valence-corrected chi connectivity index (χ1v) is 8.77. The molecule has 1 fully saturated rings. The second kappa shape index (κ2) is 8.42. The first kappa shape index (κ1) is 17.9. The zero-order chi connectivity index (χ0) is 16.8. The Bertz CT molecular complexity index is 513. The molecule has 0 bridgehead atoms. The van der Waals surface area contributed by atoms with Crippen molar-refractivity contribution in [1.82, 2.24) is 15.1 Å². The predicted octanol–water partition coefficient (Wildman–Crippen LogP) is 1.05. The topological polar surface area (TPSA) is 61.9 Å². The van der Waals surface area contributed by atoms with E-state index in [0.29, 0.717) is 30.6 Å². The maximum Gasteiger partial charge on any atom is 0.261 e. The van der Waals surface area contributed by atoms with Crippen molar-refractivity contribution in [2.75, 3.05) is 39.9 Å². The van der Waals surface area contributed by atoms with Gasteiger partial charge >= 0.3 is 0 Å². The zero-order valence-corrected chi connectivity index (χ0v) is 14.8. The summed E-state index contributed by atoms with van der Waals surface area (Å²) in [7, 11) is 1.70. The fourth-order valence-corrected chi connectivity index (χ4v) is 3.37. The smallest absolute Gasteiger partial charge is 0.261 e. The zero-order valence-electron chi connectivity index (χ0n) is 13.9. The van der Waals surface area contributed by atoms with Crippen LogP contribution in [-0.4, -0.2) is 73.6 Å². The van der Waals surface area contributed by atoms with Gasteiger partial charge in [0.25, 0.3) is 5.91 Å². The Morgan fingerprint density at radius 1 is 1.30 bits per heavy atom. The summed E-state index contributed by atoms with van der Waals surface area (Å²) >= 11 is 1.37. The number of methoxy groups -OCH3 is 1. The molecule has 128 valence electrons. The standard InChI is InChI=1S/C16H25N3O3S/c1-12(11-22-3)18-6-8-19(9-7-18)16(21)13(2)17-15(20)14-5-4-10-23-14/h4-5,10,12-13H,6-9,11H2,1-3H3,(H,17,20)/t12-,13+/m0/s1. The second-order valence-electron chi connectivity index (χ2n) is 5.84.